The molecule has 1 aromatic carbocycles. The van der Waals surface area contributed by atoms with E-state index in [1.807, 2.05) is 0 Å². The third-order valence-electron chi connectivity index (χ3n) is 4.63. The van der Waals surface area contributed by atoms with Crippen molar-refractivity contribution in [3.05, 3.63) is 59.7 Å². The van der Waals surface area contributed by atoms with Gasteiger partial charge in [0.1, 0.15) is 0 Å². The average molecular weight is 394 g/mol. The SMILES string of the molecule is O=C(Nc1cccc(OC(F)(F)F)c1F)C1=C(c2ccncc2)[C@@H]2CC[C@H]1O2. The van der Waals surface area contributed by atoms with Crippen molar-refractivity contribution in [2.45, 2.75) is 31.4 Å². The molecule has 1 aromatic heterocycles. The summed E-state index contributed by atoms with van der Waals surface area (Å²) in [6.45, 7) is 0. The van der Waals surface area contributed by atoms with Gasteiger partial charge in [-0.05, 0) is 48.2 Å². The van der Waals surface area contributed by atoms with Crippen LogP contribution < -0.4 is 10.1 Å². The van der Waals surface area contributed by atoms with Crippen LogP contribution in [0.5, 0.6) is 5.75 Å². The maximum Gasteiger partial charge on any atom is 0.573 e. The van der Waals surface area contributed by atoms with Crippen LogP contribution in [0.15, 0.2) is 48.3 Å². The fourth-order valence-electron chi connectivity index (χ4n) is 3.55. The Hall–Kier alpha value is -2.94. The van der Waals surface area contributed by atoms with Gasteiger partial charge < -0.3 is 14.8 Å². The molecule has 3 heterocycles. The lowest BCUT2D eigenvalue weighted by molar-refractivity contribution is -0.275. The number of carbonyl (C=O) groups excluding carboxylic acids is 1. The molecule has 1 N–H and O–H groups in total. The summed E-state index contributed by atoms with van der Waals surface area (Å²) in [6, 6.07) is 6.64. The number of anilines is 1. The molecule has 0 aliphatic carbocycles. The normalized spacial score (nSPS) is 21.1. The zero-order valence-electron chi connectivity index (χ0n) is 14.3. The van der Waals surface area contributed by atoms with Crippen molar-refractivity contribution in [3.63, 3.8) is 0 Å². The number of nitrogens with one attached hydrogen (secondary N) is 1. The second-order valence-electron chi connectivity index (χ2n) is 6.37. The predicted octanol–water partition coefficient (Wildman–Crippen LogP) is 4.07. The molecule has 1 saturated heterocycles. The molecule has 146 valence electrons. The number of alkyl halides is 3. The van der Waals surface area contributed by atoms with Gasteiger partial charge in [0.05, 0.1) is 23.5 Å². The van der Waals surface area contributed by atoms with Crippen LogP contribution >= 0.6 is 0 Å². The van der Waals surface area contributed by atoms with Crippen LogP contribution in [0.25, 0.3) is 5.57 Å². The molecular weight excluding hydrogens is 380 g/mol. The van der Waals surface area contributed by atoms with E-state index in [9.17, 15) is 22.4 Å². The van der Waals surface area contributed by atoms with Gasteiger partial charge in [-0.25, -0.2) is 4.39 Å². The molecule has 0 unspecified atom stereocenters. The summed E-state index contributed by atoms with van der Waals surface area (Å²) in [5.41, 5.74) is 1.40. The Kier molecular flexibility index (Phi) is 4.54. The molecule has 28 heavy (non-hydrogen) atoms. The van der Waals surface area contributed by atoms with E-state index >= 15 is 0 Å². The molecule has 2 aromatic rings. The number of hydrogen-bond donors (Lipinski definition) is 1. The van der Waals surface area contributed by atoms with Crippen LogP contribution in [0, 0.1) is 5.82 Å². The monoisotopic (exact) mass is 394 g/mol. The summed E-state index contributed by atoms with van der Waals surface area (Å²) in [6.07, 6.45) is -1.17. The molecule has 1 amide bonds. The minimum atomic E-state index is -5.04. The van der Waals surface area contributed by atoms with Gasteiger partial charge in [0.2, 0.25) is 0 Å². The maximum atomic E-state index is 14.4. The fraction of sp³-hybridized carbons (Fsp3) is 0.263. The van der Waals surface area contributed by atoms with E-state index in [0.29, 0.717) is 17.6 Å². The number of halogens is 4. The molecule has 2 aliphatic rings. The largest absolute Gasteiger partial charge is 0.573 e. The minimum absolute atomic E-state index is 0.252. The van der Waals surface area contributed by atoms with E-state index in [-0.39, 0.29) is 6.10 Å². The van der Waals surface area contributed by atoms with Gasteiger partial charge in [-0.15, -0.1) is 13.2 Å². The number of pyridine rings is 1. The Balaban J connectivity index is 1.65. The van der Waals surface area contributed by atoms with Gasteiger partial charge in [0.25, 0.3) is 5.91 Å². The number of rotatable bonds is 4. The van der Waals surface area contributed by atoms with Gasteiger partial charge >= 0.3 is 6.36 Å². The molecule has 4 rings (SSSR count). The Bertz CT molecular complexity index is 944. The highest BCUT2D eigenvalue weighted by Crippen LogP contribution is 2.44. The lowest BCUT2D eigenvalue weighted by Gasteiger charge is -2.17. The van der Waals surface area contributed by atoms with E-state index in [1.54, 1.807) is 24.5 Å². The number of ether oxygens (including phenoxy) is 2. The average Bonchev–Trinajstić information content (AvgIpc) is 3.26. The number of hydrogen-bond acceptors (Lipinski definition) is 4. The van der Waals surface area contributed by atoms with Crippen molar-refractivity contribution in [3.8, 4) is 5.75 Å². The van der Waals surface area contributed by atoms with E-state index in [1.165, 1.54) is 0 Å². The summed E-state index contributed by atoms with van der Waals surface area (Å²) in [5.74, 6) is -2.94. The van der Waals surface area contributed by atoms with Crippen LogP contribution in [-0.2, 0) is 9.53 Å². The summed E-state index contributed by atoms with van der Waals surface area (Å²) < 4.78 is 61.0. The van der Waals surface area contributed by atoms with Crippen LogP contribution in [0.3, 0.4) is 0 Å². The second-order valence-corrected chi connectivity index (χ2v) is 6.37. The third kappa shape index (κ3) is 3.45. The Morgan fingerprint density at radius 1 is 1.14 bits per heavy atom. The Morgan fingerprint density at radius 3 is 2.57 bits per heavy atom. The summed E-state index contributed by atoms with van der Waals surface area (Å²) in [5, 5.41) is 2.35. The molecule has 1 fully saturated rings. The highest BCUT2D eigenvalue weighted by atomic mass is 19.4. The molecule has 0 radical (unpaired) electrons. The van der Waals surface area contributed by atoms with Crippen LogP contribution in [-0.4, -0.2) is 29.5 Å². The van der Waals surface area contributed by atoms with Crippen molar-refractivity contribution in [2.24, 2.45) is 0 Å². The minimum Gasteiger partial charge on any atom is -0.403 e. The van der Waals surface area contributed by atoms with Crippen molar-refractivity contribution >= 4 is 17.2 Å². The zero-order valence-corrected chi connectivity index (χ0v) is 14.3. The van der Waals surface area contributed by atoms with Crippen LogP contribution in [0.4, 0.5) is 23.2 Å². The van der Waals surface area contributed by atoms with E-state index < -0.39 is 35.6 Å². The highest BCUT2D eigenvalue weighted by molar-refractivity contribution is 6.11. The third-order valence-corrected chi connectivity index (χ3v) is 4.63. The fourth-order valence-corrected chi connectivity index (χ4v) is 3.55. The first-order valence-corrected chi connectivity index (χ1v) is 8.49. The van der Waals surface area contributed by atoms with Gasteiger partial charge in [-0.2, -0.15) is 0 Å². The molecule has 5 nitrogen and oxygen atoms in total. The van der Waals surface area contributed by atoms with E-state index in [2.05, 4.69) is 15.0 Å². The molecular formula is C19H14F4N2O3. The lowest BCUT2D eigenvalue weighted by Crippen LogP contribution is -2.24. The lowest BCUT2D eigenvalue weighted by atomic mass is 9.87. The molecule has 0 saturated carbocycles. The van der Waals surface area contributed by atoms with E-state index in [4.69, 9.17) is 4.74 Å². The Labute approximate surface area is 157 Å². The smallest absolute Gasteiger partial charge is 0.403 e. The first-order chi connectivity index (χ1) is 13.3. The van der Waals surface area contributed by atoms with Gasteiger partial charge in [-0.3, -0.25) is 9.78 Å². The standard InChI is InChI=1S/C19H14F4N2O3/c20-17-11(2-1-3-14(17)28-19(21,22)23)25-18(26)16-13-5-4-12(27-13)15(16)10-6-8-24-9-7-10/h1-3,6-9,12-13H,4-5H2,(H,25,26)/t12-,13+/m0/s1. The zero-order chi connectivity index (χ0) is 19.9. The van der Waals surface area contributed by atoms with Crippen LogP contribution in [0.1, 0.15) is 18.4 Å². The number of nitrogens with zero attached hydrogens (tertiary/aromatic N) is 1. The van der Waals surface area contributed by atoms with Gasteiger partial charge in [0, 0.05) is 12.4 Å². The van der Waals surface area contributed by atoms with Crippen LogP contribution in [0.2, 0.25) is 0 Å². The molecule has 9 heteroatoms. The van der Waals surface area contributed by atoms with Crippen molar-refractivity contribution < 1.29 is 31.8 Å². The number of benzene rings is 1. The first kappa shape index (κ1) is 18.4. The molecule has 2 bridgehead atoms. The van der Waals surface area contributed by atoms with Gasteiger partial charge in [0.15, 0.2) is 11.6 Å². The molecule has 2 aliphatic heterocycles. The number of amides is 1. The first-order valence-electron chi connectivity index (χ1n) is 8.49. The van der Waals surface area contributed by atoms with E-state index in [0.717, 1.165) is 30.2 Å². The number of carbonyl (C=O) groups is 1. The summed E-state index contributed by atoms with van der Waals surface area (Å²) in [4.78, 5) is 16.8. The Morgan fingerprint density at radius 2 is 1.86 bits per heavy atom. The van der Waals surface area contributed by atoms with Crippen molar-refractivity contribution in [1.29, 1.82) is 0 Å². The topological polar surface area (TPSA) is 60.5 Å². The van der Waals surface area contributed by atoms with Crippen molar-refractivity contribution in [2.75, 3.05) is 5.32 Å². The molecule has 0 spiro atoms. The quantitative estimate of drug-likeness (QED) is 0.795. The maximum absolute atomic E-state index is 14.4. The molecule has 2 atom stereocenters. The number of aromatic nitrogens is 1. The van der Waals surface area contributed by atoms with Gasteiger partial charge in [-0.1, -0.05) is 6.07 Å². The second kappa shape index (κ2) is 6.90. The predicted molar refractivity (Wildman–Crippen MR) is 90.8 cm³/mol. The highest BCUT2D eigenvalue weighted by Gasteiger charge is 2.43. The summed E-state index contributed by atoms with van der Waals surface area (Å²) >= 11 is 0. The number of fused-ring (bicyclic) bond motifs is 2. The summed E-state index contributed by atoms with van der Waals surface area (Å²) in [7, 11) is 0. The van der Waals surface area contributed by atoms with Crippen molar-refractivity contribution in [1.82, 2.24) is 4.98 Å².